The minimum Gasteiger partial charge on any atom is -0.416 e. The van der Waals surface area contributed by atoms with Crippen LogP contribution in [0.5, 0.6) is 0 Å². The van der Waals surface area contributed by atoms with Crippen molar-refractivity contribution in [2.45, 2.75) is 52.8 Å². The first-order valence-corrected chi connectivity index (χ1v) is 10.5. The molecular weight excluding hydrogens is 311 g/mol. The summed E-state index contributed by atoms with van der Waals surface area (Å²) < 4.78 is 6.32. The van der Waals surface area contributed by atoms with Gasteiger partial charge in [-0.2, -0.15) is 0 Å². The van der Waals surface area contributed by atoms with Gasteiger partial charge in [0, 0.05) is 12.0 Å². The molecule has 1 aliphatic rings. The van der Waals surface area contributed by atoms with Gasteiger partial charge in [0.15, 0.2) is 8.32 Å². The lowest BCUT2D eigenvalue weighted by Crippen LogP contribution is -2.44. The van der Waals surface area contributed by atoms with Gasteiger partial charge in [-0.1, -0.05) is 57.8 Å². The molecule has 0 unspecified atom stereocenters. The molecule has 1 aliphatic heterocycles. The molecule has 0 aromatic rings. The summed E-state index contributed by atoms with van der Waals surface area (Å²) in [6, 6.07) is 0. The average Bonchev–Trinajstić information content (AvgIpc) is 2.28. The quantitative estimate of drug-likeness (QED) is 0.578. The van der Waals surface area contributed by atoms with E-state index in [1.54, 1.807) is 0 Å². The van der Waals surface area contributed by atoms with Crippen molar-refractivity contribution >= 4 is 31.5 Å². The molecule has 1 heterocycles. The van der Waals surface area contributed by atoms with Crippen LogP contribution in [0.1, 0.15) is 34.6 Å². The Morgan fingerprint density at radius 3 is 2.15 bits per heavy atom. The van der Waals surface area contributed by atoms with E-state index in [9.17, 15) is 0 Å². The Hall–Kier alpha value is -0.163. The SMILES string of the molecule is CC(C)(CO[Si](C)(C)C(C)(C)C)C1=C(Cl)NNC(Cl)=C1. The predicted molar refractivity (Wildman–Crippen MR) is 90.0 cm³/mol. The molecule has 0 spiro atoms. The van der Waals surface area contributed by atoms with Gasteiger partial charge in [-0.05, 0) is 29.8 Å². The van der Waals surface area contributed by atoms with Crippen LogP contribution in [0.15, 0.2) is 22.0 Å². The van der Waals surface area contributed by atoms with Crippen LogP contribution in [0.4, 0.5) is 0 Å². The van der Waals surface area contributed by atoms with Crippen LogP contribution in [-0.2, 0) is 4.43 Å². The second-order valence-corrected chi connectivity index (χ2v) is 13.0. The number of allylic oxidation sites excluding steroid dienone is 1. The zero-order valence-corrected chi connectivity index (χ0v) is 16.0. The molecule has 0 saturated carbocycles. The molecule has 1 rings (SSSR count). The van der Waals surface area contributed by atoms with Crippen molar-refractivity contribution in [1.82, 2.24) is 10.9 Å². The second kappa shape index (κ2) is 5.91. The number of nitrogens with one attached hydrogen (secondary N) is 2. The van der Waals surface area contributed by atoms with Crippen LogP contribution in [0.3, 0.4) is 0 Å². The van der Waals surface area contributed by atoms with E-state index in [2.05, 4.69) is 58.6 Å². The molecule has 0 fully saturated rings. The third-order valence-corrected chi connectivity index (χ3v) is 9.11. The van der Waals surface area contributed by atoms with Crippen molar-refractivity contribution < 1.29 is 4.43 Å². The topological polar surface area (TPSA) is 33.3 Å². The molecule has 20 heavy (non-hydrogen) atoms. The summed E-state index contributed by atoms with van der Waals surface area (Å²) in [6.45, 7) is 16.1. The minimum atomic E-state index is -1.77. The van der Waals surface area contributed by atoms with Gasteiger partial charge in [0.25, 0.3) is 0 Å². The molecular formula is C14H26Cl2N2OSi. The number of rotatable bonds is 4. The molecule has 0 amide bonds. The normalized spacial score (nSPS) is 17.6. The van der Waals surface area contributed by atoms with Gasteiger partial charge < -0.3 is 4.43 Å². The molecule has 0 radical (unpaired) electrons. The number of hydrazine groups is 1. The van der Waals surface area contributed by atoms with Crippen molar-refractivity contribution in [3.8, 4) is 0 Å². The van der Waals surface area contributed by atoms with Crippen molar-refractivity contribution in [2.24, 2.45) is 5.41 Å². The molecule has 6 heteroatoms. The standard InChI is InChI=1S/C14H26Cl2N2OSi/c1-13(2,3)20(6,7)19-9-14(4,5)10-8-11(15)17-18-12(10)16/h8,17-18H,9H2,1-7H3. The molecule has 0 aromatic heterocycles. The summed E-state index contributed by atoms with van der Waals surface area (Å²) in [6.07, 6.45) is 1.86. The smallest absolute Gasteiger partial charge is 0.192 e. The first-order chi connectivity index (χ1) is 8.87. The molecule has 0 aliphatic carbocycles. The van der Waals surface area contributed by atoms with Gasteiger partial charge >= 0.3 is 0 Å². The summed E-state index contributed by atoms with van der Waals surface area (Å²) in [5.41, 5.74) is 6.40. The van der Waals surface area contributed by atoms with Crippen LogP contribution in [-0.4, -0.2) is 14.9 Å². The Bertz CT molecular complexity index is 437. The predicted octanol–water partition coefficient (Wildman–Crippen LogP) is 4.67. The van der Waals surface area contributed by atoms with Crippen molar-refractivity contribution in [3.05, 3.63) is 22.0 Å². The zero-order valence-electron chi connectivity index (χ0n) is 13.4. The van der Waals surface area contributed by atoms with Gasteiger partial charge in [0.2, 0.25) is 0 Å². The largest absolute Gasteiger partial charge is 0.416 e. The lowest BCUT2D eigenvalue weighted by atomic mass is 9.85. The maximum atomic E-state index is 6.32. The number of hydrogen-bond donors (Lipinski definition) is 2. The molecule has 2 N–H and O–H groups in total. The van der Waals surface area contributed by atoms with E-state index in [0.29, 0.717) is 16.9 Å². The van der Waals surface area contributed by atoms with Crippen LogP contribution in [0.25, 0.3) is 0 Å². The van der Waals surface area contributed by atoms with E-state index in [4.69, 9.17) is 27.6 Å². The highest BCUT2D eigenvalue weighted by Crippen LogP contribution is 2.40. The maximum absolute atomic E-state index is 6.32. The maximum Gasteiger partial charge on any atom is 0.192 e. The van der Waals surface area contributed by atoms with Crippen LogP contribution >= 0.6 is 23.2 Å². The number of hydrogen-bond acceptors (Lipinski definition) is 3. The first kappa shape index (κ1) is 17.9. The molecule has 0 bridgehead atoms. The molecule has 3 nitrogen and oxygen atoms in total. The highest BCUT2D eigenvalue weighted by Gasteiger charge is 2.39. The van der Waals surface area contributed by atoms with Gasteiger partial charge in [-0.15, -0.1) is 0 Å². The highest BCUT2D eigenvalue weighted by atomic mass is 35.5. The lowest BCUT2D eigenvalue weighted by molar-refractivity contribution is 0.195. The van der Waals surface area contributed by atoms with E-state index in [1.807, 2.05) is 6.08 Å². The van der Waals surface area contributed by atoms with Gasteiger partial charge in [-0.3, -0.25) is 10.9 Å². The Morgan fingerprint density at radius 2 is 1.65 bits per heavy atom. The Morgan fingerprint density at radius 1 is 1.10 bits per heavy atom. The van der Waals surface area contributed by atoms with Crippen molar-refractivity contribution in [1.29, 1.82) is 0 Å². The molecule has 0 atom stereocenters. The van der Waals surface area contributed by atoms with Crippen LogP contribution in [0, 0.1) is 5.41 Å². The third kappa shape index (κ3) is 4.17. The van der Waals surface area contributed by atoms with Gasteiger partial charge in [0.1, 0.15) is 10.3 Å². The summed E-state index contributed by atoms with van der Waals surface area (Å²) in [4.78, 5) is 0. The monoisotopic (exact) mass is 336 g/mol. The zero-order chi connectivity index (χ0) is 15.8. The summed E-state index contributed by atoms with van der Waals surface area (Å²) in [5.74, 6) is 0. The second-order valence-electron chi connectivity index (χ2n) is 7.40. The lowest BCUT2D eigenvalue weighted by Gasteiger charge is -2.40. The van der Waals surface area contributed by atoms with Crippen LogP contribution in [0.2, 0.25) is 18.1 Å². The Balaban J connectivity index is 2.86. The van der Waals surface area contributed by atoms with Gasteiger partial charge in [0.05, 0.1) is 0 Å². The Labute approximate surface area is 133 Å². The Kier molecular flexibility index (Phi) is 5.29. The fourth-order valence-electron chi connectivity index (χ4n) is 1.56. The fourth-order valence-corrected chi connectivity index (χ4v) is 3.22. The summed E-state index contributed by atoms with van der Waals surface area (Å²) in [7, 11) is -1.77. The summed E-state index contributed by atoms with van der Waals surface area (Å²) in [5, 5.41) is 1.30. The van der Waals surface area contributed by atoms with E-state index >= 15 is 0 Å². The molecule has 0 aromatic carbocycles. The minimum absolute atomic E-state index is 0.196. The first-order valence-electron chi connectivity index (χ1n) is 6.80. The van der Waals surface area contributed by atoms with Crippen molar-refractivity contribution in [3.63, 3.8) is 0 Å². The van der Waals surface area contributed by atoms with E-state index in [-0.39, 0.29) is 10.5 Å². The van der Waals surface area contributed by atoms with E-state index in [0.717, 1.165) is 5.57 Å². The van der Waals surface area contributed by atoms with Crippen LogP contribution < -0.4 is 10.9 Å². The summed E-state index contributed by atoms with van der Waals surface area (Å²) >= 11 is 12.2. The van der Waals surface area contributed by atoms with E-state index in [1.165, 1.54) is 0 Å². The fraction of sp³-hybridized carbons (Fsp3) is 0.714. The third-order valence-electron chi connectivity index (χ3n) is 4.13. The molecule has 0 saturated heterocycles. The van der Waals surface area contributed by atoms with E-state index < -0.39 is 8.32 Å². The van der Waals surface area contributed by atoms with Gasteiger partial charge in [-0.25, -0.2) is 0 Å². The highest BCUT2D eigenvalue weighted by molar-refractivity contribution is 6.74. The molecule has 116 valence electrons. The average molecular weight is 337 g/mol. The van der Waals surface area contributed by atoms with Crippen molar-refractivity contribution in [2.75, 3.05) is 6.61 Å². The number of halogens is 2.